The lowest BCUT2D eigenvalue weighted by Crippen LogP contribution is -1.75. The van der Waals surface area contributed by atoms with Crippen LogP contribution in [0.5, 0.6) is 0 Å². The molecule has 1 aromatic carbocycles. The van der Waals surface area contributed by atoms with Crippen molar-refractivity contribution in [3.8, 4) is 0 Å². The van der Waals surface area contributed by atoms with Crippen LogP contribution in [0.25, 0.3) is 20.4 Å². The minimum atomic E-state index is 1.02. The molecule has 0 aliphatic heterocycles. The Kier molecular flexibility index (Phi) is 1.55. The van der Waals surface area contributed by atoms with Gasteiger partial charge in [0.1, 0.15) is 10.3 Å². The quantitative estimate of drug-likeness (QED) is 0.557. The molecule has 2 heterocycles. The van der Waals surface area contributed by atoms with Gasteiger partial charge < -0.3 is 0 Å². The summed E-state index contributed by atoms with van der Waals surface area (Å²) in [4.78, 5) is 9.70. The predicted octanol–water partition coefficient (Wildman–Crippen LogP) is 3.15. The van der Waals surface area contributed by atoms with Crippen molar-refractivity contribution in [3.63, 3.8) is 0 Å². The van der Waals surface area contributed by atoms with Crippen molar-refractivity contribution in [1.82, 2.24) is 9.97 Å². The second-order valence-electron chi connectivity index (χ2n) is 3.26. The molecule has 0 saturated carbocycles. The molecule has 0 N–H and O–H groups in total. The molecule has 0 aliphatic carbocycles. The molecule has 3 rings (SSSR count). The van der Waals surface area contributed by atoms with E-state index in [2.05, 4.69) is 35.1 Å². The Bertz CT molecular complexity index is 613. The first-order valence-electron chi connectivity index (χ1n) is 4.45. The highest BCUT2D eigenvalue weighted by Crippen LogP contribution is 2.32. The summed E-state index contributed by atoms with van der Waals surface area (Å²) in [6, 6.07) is 6.30. The van der Waals surface area contributed by atoms with Crippen LogP contribution in [0.15, 0.2) is 30.6 Å². The Morgan fingerprint density at radius 2 is 2.00 bits per heavy atom. The standard InChI is InChI=1S/C11H8N2S/c1-7-3-2-4-8-9-11(14-10(7)8)13-6-5-12-9/h2-6H,1H3. The van der Waals surface area contributed by atoms with Crippen LogP contribution in [0.2, 0.25) is 0 Å². The number of hydrogen-bond donors (Lipinski definition) is 0. The van der Waals surface area contributed by atoms with Crippen molar-refractivity contribution in [2.24, 2.45) is 0 Å². The van der Waals surface area contributed by atoms with E-state index in [1.165, 1.54) is 15.6 Å². The smallest absolute Gasteiger partial charge is 0.143 e. The Morgan fingerprint density at radius 3 is 2.93 bits per heavy atom. The third-order valence-electron chi connectivity index (χ3n) is 2.33. The second-order valence-corrected chi connectivity index (χ2v) is 4.26. The maximum atomic E-state index is 4.36. The highest BCUT2D eigenvalue weighted by molar-refractivity contribution is 7.25. The first-order valence-corrected chi connectivity index (χ1v) is 5.27. The van der Waals surface area contributed by atoms with Gasteiger partial charge in [-0.1, -0.05) is 18.2 Å². The summed E-state index contributed by atoms with van der Waals surface area (Å²) in [5.41, 5.74) is 2.32. The first kappa shape index (κ1) is 7.88. The van der Waals surface area contributed by atoms with Crippen LogP contribution in [0.1, 0.15) is 5.56 Å². The number of aromatic nitrogens is 2. The number of nitrogens with zero attached hydrogens (tertiary/aromatic N) is 2. The Balaban J connectivity index is 2.63. The van der Waals surface area contributed by atoms with Crippen molar-refractivity contribution in [3.05, 3.63) is 36.2 Å². The van der Waals surface area contributed by atoms with Gasteiger partial charge in [-0.3, -0.25) is 4.98 Å². The molecule has 0 bridgehead atoms. The molecule has 0 spiro atoms. The summed E-state index contributed by atoms with van der Waals surface area (Å²) in [5.74, 6) is 0. The predicted molar refractivity (Wildman–Crippen MR) is 59.7 cm³/mol. The molecule has 0 unspecified atom stereocenters. The van der Waals surface area contributed by atoms with Crippen molar-refractivity contribution >= 4 is 31.8 Å². The van der Waals surface area contributed by atoms with E-state index in [1.54, 1.807) is 23.7 Å². The summed E-state index contributed by atoms with van der Waals surface area (Å²) in [5, 5.41) is 1.22. The van der Waals surface area contributed by atoms with Gasteiger partial charge in [0.2, 0.25) is 0 Å². The van der Waals surface area contributed by atoms with E-state index in [9.17, 15) is 0 Å². The fourth-order valence-corrected chi connectivity index (χ4v) is 2.73. The molecule has 14 heavy (non-hydrogen) atoms. The number of aryl methyl sites for hydroxylation is 1. The maximum Gasteiger partial charge on any atom is 0.143 e. The average Bonchev–Trinajstić information content (AvgIpc) is 2.59. The highest BCUT2D eigenvalue weighted by atomic mass is 32.1. The minimum absolute atomic E-state index is 1.02. The van der Waals surface area contributed by atoms with Crippen LogP contribution in [0, 0.1) is 6.92 Å². The van der Waals surface area contributed by atoms with Gasteiger partial charge in [-0.25, -0.2) is 4.98 Å². The number of rotatable bonds is 0. The molecule has 0 radical (unpaired) electrons. The van der Waals surface area contributed by atoms with Crippen LogP contribution in [-0.4, -0.2) is 9.97 Å². The largest absolute Gasteiger partial charge is 0.251 e. The van der Waals surface area contributed by atoms with Crippen molar-refractivity contribution < 1.29 is 0 Å². The van der Waals surface area contributed by atoms with Crippen molar-refractivity contribution in [2.45, 2.75) is 6.92 Å². The topological polar surface area (TPSA) is 25.8 Å². The SMILES string of the molecule is Cc1cccc2c1sc1nccnc12. The van der Waals surface area contributed by atoms with Crippen LogP contribution in [0.3, 0.4) is 0 Å². The van der Waals surface area contributed by atoms with Crippen molar-refractivity contribution in [1.29, 1.82) is 0 Å². The molecule has 68 valence electrons. The zero-order chi connectivity index (χ0) is 9.54. The number of thiophene rings is 1. The van der Waals surface area contributed by atoms with Crippen LogP contribution >= 0.6 is 11.3 Å². The highest BCUT2D eigenvalue weighted by Gasteiger charge is 2.07. The number of fused-ring (bicyclic) bond motifs is 3. The third-order valence-corrected chi connectivity index (χ3v) is 3.57. The van der Waals surface area contributed by atoms with Gasteiger partial charge in [0, 0.05) is 22.5 Å². The molecule has 0 fully saturated rings. The van der Waals surface area contributed by atoms with Gasteiger partial charge in [0.05, 0.1) is 0 Å². The molecule has 0 saturated heterocycles. The van der Waals surface area contributed by atoms with Gasteiger partial charge in [-0.05, 0) is 12.5 Å². The van der Waals surface area contributed by atoms with Gasteiger partial charge in [-0.15, -0.1) is 11.3 Å². The van der Waals surface area contributed by atoms with E-state index >= 15 is 0 Å². The van der Waals surface area contributed by atoms with E-state index in [0.29, 0.717) is 0 Å². The molecular formula is C11H8N2S. The van der Waals surface area contributed by atoms with E-state index in [1.807, 2.05) is 0 Å². The van der Waals surface area contributed by atoms with Crippen LogP contribution < -0.4 is 0 Å². The Hall–Kier alpha value is -1.48. The number of benzene rings is 1. The fourth-order valence-electron chi connectivity index (χ4n) is 1.66. The molecule has 2 nitrogen and oxygen atoms in total. The lowest BCUT2D eigenvalue weighted by atomic mass is 10.2. The molecule has 0 atom stereocenters. The summed E-state index contributed by atoms with van der Waals surface area (Å²) in [6.45, 7) is 2.12. The fraction of sp³-hybridized carbons (Fsp3) is 0.0909. The van der Waals surface area contributed by atoms with E-state index in [0.717, 1.165) is 10.3 Å². The second kappa shape index (κ2) is 2.75. The molecule has 3 aromatic rings. The Morgan fingerprint density at radius 1 is 1.14 bits per heavy atom. The van der Waals surface area contributed by atoms with Gasteiger partial charge in [-0.2, -0.15) is 0 Å². The lowest BCUT2D eigenvalue weighted by Gasteiger charge is -1.92. The average molecular weight is 200 g/mol. The maximum absolute atomic E-state index is 4.36. The number of hydrogen-bond acceptors (Lipinski definition) is 3. The summed E-state index contributed by atoms with van der Waals surface area (Å²) >= 11 is 1.71. The molecule has 2 aromatic heterocycles. The van der Waals surface area contributed by atoms with E-state index in [-0.39, 0.29) is 0 Å². The zero-order valence-corrected chi connectivity index (χ0v) is 8.51. The van der Waals surface area contributed by atoms with Gasteiger partial charge in [0.15, 0.2) is 0 Å². The zero-order valence-electron chi connectivity index (χ0n) is 7.69. The van der Waals surface area contributed by atoms with Gasteiger partial charge >= 0.3 is 0 Å². The summed E-state index contributed by atoms with van der Waals surface area (Å²) in [7, 11) is 0. The van der Waals surface area contributed by atoms with Crippen LogP contribution in [0.4, 0.5) is 0 Å². The van der Waals surface area contributed by atoms with Crippen LogP contribution in [-0.2, 0) is 0 Å². The third kappa shape index (κ3) is 0.960. The first-order chi connectivity index (χ1) is 6.86. The summed E-state index contributed by atoms with van der Waals surface area (Å²) < 4.78 is 1.30. The Labute approximate surface area is 85.2 Å². The molecule has 0 amide bonds. The monoisotopic (exact) mass is 200 g/mol. The molecule has 3 heteroatoms. The normalized spacial score (nSPS) is 11.2. The van der Waals surface area contributed by atoms with E-state index < -0.39 is 0 Å². The van der Waals surface area contributed by atoms with Crippen molar-refractivity contribution in [2.75, 3.05) is 0 Å². The lowest BCUT2D eigenvalue weighted by molar-refractivity contribution is 1.32. The summed E-state index contributed by atoms with van der Waals surface area (Å²) in [6.07, 6.45) is 3.49. The van der Waals surface area contributed by atoms with Gasteiger partial charge in [0.25, 0.3) is 0 Å². The molecular weight excluding hydrogens is 192 g/mol. The molecule has 0 aliphatic rings. The minimum Gasteiger partial charge on any atom is -0.251 e. The van der Waals surface area contributed by atoms with E-state index in [4.69, 9.17) is 0 Å².